The van der Waals surface area contributed by atoms with Crippen molar-refractivity contribution in [3.63, 3.8) is 0 Å². The molecular formula is C27H29Cl2N3O3S. The molecule has 2 atom stereocenters. The highest BCUT2D eigenvalue weighted by Crippen LogP contribution is 2.28. The van der Waals surface area contributed by atoms with Crippen LogP contribution in [0.15, 0.2) is 59.4 Å². The number of hydrogen-bond acceptors (Lipinski definition) is 6. The normalized spacial score (nSPS) is 13.2. The molecule has 36 heavy (non-hydrogen) atoms. The Labute approximate surface area is 223 Å². The SMILES string of the molecule is CC(Cc1cccc(CNCCc2c(Cl)cccc2Cl)c1)NC(O)Cc1ccc(O)c2[nH]c(=O)sc12. The number of H-pyrrole nitrogens is 1. The van der Waals surface area contributed by atoms with E-state index in [1.165, 1.54) is 11.1 Å². The minimum absolute atomic E-state index is 0.0307. The van der Waals surface area contributed by atoms with Crippen molar-refractivity contribution in [3.8, 4) is 5.75 Å². The van der Waals surface area contributed by atoms with Gasteiger partial charge in [-0.15, -0.1) is 0 Å². The Morgan fingerprint density at radius 3 is 2.53 bits per heavy atom. The monoisotopic (exact) mass is 545 g/mol. The Morgan fingerprint density at radius 2 is 1.75 bits per heavy atom. The van der Waals surface area contributed by atoms with E-state index < -0.39 is 6.23 Å². The van der Waals surface area contributed by atoms with Crippen LogP contribution in [-0.2, 0) is 25.8 Å². The highest BCUT2D eigenvalue weighted by molar-refractivity contribution is 7.16. The molecule has 3 aromatic carbocycles. The predicted molar refractivity (Wildman–Crippen MR) is 148 cm³/mol. The van der Waals surface area contributed by atoms with Crippen molar-refractivity contribution in [3.05, 3.63) is 96.6 Å². The number of aromatic amines is 1. The van der Waals surface area contributed by atoms with Crippen LogP contribution in [0.1, 0.15) is 29.2 Å². The summed E-state index contributed by atoms with van der Waals surface area (Å²) in [7, 11) is 0. The van der Waals surface area contributed by atoms with Crippen molar-refractivity contribution in [1.82, 2.24) is 15.6 Å². The molecule has 0 aliphatic heterocycles. The van der Waals surface area contributed by atoms with Gasteiger partial charge < -0.3 is 20.5 Å². The van der Waals surface area contributed by atoms with E-state index in [4.69, 9.17) is 23.2 Å². The number of rotatable bonds is 11. The van der Waals surface area contributed by atoms with Gasteiger partial charge in [-0.3, -0.25) is 10.1 Å². The van der Waals surface area contributed by atoms with Crippen LogP contribution < -0.4 is 15.5 Å². The molecule has 0 amide bonds. The lowest BCUT2D eigenvalue weighted by atomic mass is 10.0. The number of phenolic OH excluding ortho intramolecular Hbond substituents is 1. The number of benzene rings is 3. The average molecular weight is 547 g/mol. The van der Waals surface area contributed by atoms with E-state index in [2.05, 4.69) is 33.8 Å². The lowest BCUT2D eigenvalue weighted by Gasteiger charge is -2.20. The molecule has 0 saturated heterocycles. The first kappa shape index (κ1) is 26.7. The van der Waals surface area contributed by atoms with Gasteiger partial charge in [-0.1, -0.05) is 70.9 Å². The highest BCUT2D eigenvalue weighted by atomic mass is 35.5. The number of aliphatic hydroxyl groups excluding tert-OH is 1. The number of phenols is 1. The highest BCUT2D eigenvalue weighted by Gasteiger charge is 2.15. The minimum atomic E-state index is -0.786. The van der Waals surface area contributed by atoms with Gasteiger partial charge in [0.25, 0.3) is 0 Å². The van der Waals surface area contributed by atoms with E-state index in [0.29, 0.717) is 26.7 Å². The molecule has 0 fully saturated rings. The summed E-state index contributed by atoms with van der Waals surface area (Å²) < 4.78 is 0.672. The molecule has 0 aliphatic rings. The van der Waals surface area contributed by atoms with E-state index in [1.807, 2.05) is 31.2 Å². The summed E-state index contributed by atoms with van der Waals surface area (Å²) in [6.45, 7) is 3.53. The Morgan fingerprint density at radius 1 is 1.03 bits per heavy atom. The topological polar surface area (TPSA) is 97.4 Å². The molecule has 0 spiro atoms. The van der Waals surface area contributed by atoms with Gasteiger partial charge in [0, 0.05) is 29.1 Å². The minimum Gasteiger partial charge on any atom is -0.506 e. The zero-order valence-corrected chi connectivity index (χ0v) is 22.2. The molecule has 5 N–H and O–H groups in total. The van der Waals surface area contributed by atoms with Gasteiger partial charge >= 0.3 is 4.87 Å². The molecule has 0 bridgehead atoms. The van der Waals surface area contributed by atoms with Crippen molar-refractivity contribution in [2.24, 2.45) is 0 Å². The molecule has 9 heteroatoms. The van der Waals surface area contributed by atoms with Crippen LogP contribution in [0.4, 0.5) is 0 Å². The van der Waals surface area contributed by atoms with Crippen LogP contribution in [0, 0.1) is 0 Å². The summed E-state index contributed by atoms with van der Waals surface area (Å²) in [4.78, 5) is 14.1. The van der Waals surface area contributed by atoms with Crippen molar-refractivity contribution in [2.75, 3.05) is 6.54 Å². The van der Waals surface area contributed by atoms with E-state index in [0.717, 1.165) is 48.4 Å². The van der Waals surface area contributed by atoms with Gasteiger partial charge in [0.15, 0.2) is 0 Å². The summed E-state index contributed by atoms with van der Waals surface area (Å²) >= 11 is 13.5. The van der Waals surface area contributed by atoms with E-state index in [9.17, 15) is 15.0 Å². The number of aromatic hydroxyl groups is 1. The lowest BCUT2D eigenvalue weighted by Crippen LogP contribution is -2.39. The fourth-order valence-electron chi connectivity index (χ4n) is 4.33. The van der Waals surface area contributed by atoms with Crippen LogP contribution in [0.25, 0.3) is 10.2 Å². The number of aliphatic hydroxyl groups is 1. The third kappa shape index (κ3) is 6.88. The second-order valence-corrected chi connectivity index (χ2v) is 10.7. The Bertz CT molecular complexity index is 1370. The number of aromatic nitrogens is 1. The average Bonchev–Trinajstić information content (AvgIpc) is 3.23. The first-order valence-electron chi connectivity index (χ1n) is 11.8. The van der Waals surface area contributed by atoms with Gasteiger partial charge in [0.1, 0.15) is 17.5 Å². The maximum Gasteiger partial charge on any atom is 0.305 e. The summed E-state index contributed by atoms with van der Waals surface area (Å²) in [5, 5.41) is 28.7. The Hall–Kier alpha value is -2.39. The van der Waals surface area contributed by atoms with Crippen molar-refractivity contribution in [1.29, 1.82) is 0 Å². The first-order valence-corrected chi connectivity index (χ1v) is 13.4. The smallest absolute Gasteiger partial charge is 0.305 e. The van der Waals surface area contributed by atoms with Crippen LogP contribution in [0.3, 0.4) is 0 Å². The summed E-state index contributed by atoms with van der Waals surface area (Å²) in [6.07, 6.45) is 1.05. The molecule has 0 aliphatic carbocycles. The van der Waals surface area contributed by atoms with E-state index >= 15 is 0 Å². The maximum atomic E-state index is 11.7. The number of fused-ring (bicyclic) bond motifs is 1. The molecule has 6 nitrogen and oxygen atoms in total. The third-order valence-corrected chi connectivity index (χ3v) is 7.67. The summed E-state index contributed by atoms with van der Waals surface area (Å²) in [6, 6.07) is 17.2. The molecule has 2 unspecified atom stereocenters. The Balaban J connectivity index is 1.27. The number of thiazole rings is 1. The molecule has 0 saturated carbocycles. The molecule has 1 heterocycles. The lowest BCUT2D eigenvalue weighted by molar-refractivity contribution is 0.125. The van der Waals surface area contributed by atoms with Crippen LogP contribution in [0.2, 0.25) is 10.0 Å². The van der Waals surface area contributed by atoms with Gasteiger partial charge in [-0.25, -0.2) is 0 Å². The molecule has 1 aromatic heterocycles. The molecular weight excluding hydrogens is 517 g/mol. The van der Waals surface area contributed by atoms with Gasteiger partial charge in [0.2, 0.25) is 0 Å². The third-order valence-electron chi connectivity index (χ3n) is 6.01. The van der Waals surface area contributed by atoms with Crippen LogP contribution >= 0.6 is 34.5 Å². The maximum absolute atomic E-state index is 11.7. The van der Waals surface area contributed by atoms with Crippen LogP contribution in [-0.4, -0.2) is 34.0 Å². The van der Waals surface area contributed by atoms with Crippen molar-refractivity contribution in [2.45, 2.75) is 45.0 Å². The molecule has 190 valence electrons. The zero-order chi connectivity index (χ0) is 25.7. The van der Waals surface area contributed by atoms with E-state index in [1.54, 1.807) is 12.1 Å². The number of hydrogen-bond donors (Lipinski definition) is 5. The predicted octanol–water partition coefficient (Wildman–Crippen LogP) is 5.02. The molecule has 4 rings (SSSR count). The second kappa shape index (κ2) is 12.2. The van der Waals surface area contributed by atoms with Gasteiger partial charge in [-0.2, -0.15) is 0 Å². The quantitative estimate of drug-likeness (QED) is 0.135. The fraction of sp³-hybridized carbons (Fsp3) is 0.296. The standard InChI is InChI=1S/C27H29Cl2N3O3S/c1-16(31-24(34)14-19-8-9-23(33)25-26(19)36-27(35)32-25)12-17-4-2-5-18(13-17)15-30-11-10-20-21(28)6-3-7-22(20)29/h2-9,13,16,24,30-31,33-34H,10-12,14-15H2,1H3,(H,32,35). The fourth-order valence-corrected chi connectivity index (χ4v) is 5.79. The molecule has 0 radical (unpaired) electrons. The van der Waals surface area contributed by atoms with Crippen LogP contribution in [0.5, 0.6) is 5.75 Å². The second-order valence-electron chi connectivity index (χ2n) is 8.90. The number of halogens is 2. The zero-order valence-electron chi connectivity index (χ0n) is 19.9. The van der Waals surface area contributed by atoms with Crippen molar-refractivity contribution >= 4 is 44.8 Å². The van der Waals surface area contributed by atoms with E-state index in [-0.39, 0.29) is 16.7 Å². The van der Waals surface area contributed by atoms with Crippen molar-refractivity contribution < 1.29 is 10.2 Å². The largest absolute Gasteiger partial charge is 0.506 e. The molecule has 4 aromatic rings. The Kier molecular flexibility index (Phi) is 9.06. The summed E-state index contributed by atoms with van der Waals surface area (Å²) in [5.74, 6) is 0.0324. The number of nitrogens with one attached hydrogen (secondary N) is 3. The van der Waals surface area contributed by atoms with Gasteiger partial charge in [0.05, 0.1) is 4.70 Å². The summed E-state index contributed by atoms with van der Waals surface area (Å²) in [5.41, 5.74) is 4.54. The first-order chi connectivity index (χ1) is 17.3. The van der Waals surface area contributed by atoms with Gasteiger partial charge in [-0.05, 0) is 66.8 Å².